The van der Waals surface area contributed by atoms with Crippen molar-refractivity contribution in [2.75, 3.05) is 6.61 Å². The molecule has 0 fully saturated rings. The van der Waals surface area contributed by atoms with E-state index in [4.69, 9.17) is 0 Å². The van der Waals surface area contributed by atoms with Gasteiger partial charge in [-0.2, -0.15) is 13.2 Å². The Hall–Kier alpha value is -1.59. The Morgan fingerprint density at radius 3 is 2.75 bits per heavy atom. The Kier molecular flexibility index (Phi) is 3.87. The summed E-state index contributed by atoms with van der Waals surface area (Å²) >= 11 is 0. The van der Waals surface area contributed by atoms with Crippen LogP contribution in [0, 0.1) is 0 Å². The third kappa shape index (κ3) is 3.22. The molecule has 0 aromatic carbocycles. The number of alkyl halides is 3. The first-order valence-corrected chi connectivity index (χ1v) is 4.62. The number of rotatable bonds is 3. The fourth-order valence-corrected chi connectivity index (χ4v) is 1.19. The summed E-state index contributed by atoms with van der Waals surface area (Å²) in [6, 6.07) is 2.07. The Balaban J connectivity index is 2.92. The van der Waals surface area contributed by atoms with Gasteiger partial charge in [0.15, 0.2) is 0 Å². The quantitative estimate of drug-likeness (QED) is 0.751. The molecule has 0 amide bonds. The van der Waals surface area contributed by atoms with Crippen LogP contribution in [0.1, 0.15) is 18.2 Å². The lowest BCUT2D eigenvalue weighted by Crippen LogP contribution is -2.15. The van der Waals surface area contributed by atoms with Gasteiger partial charge in [-0.15, -0.1) is 0 Å². The smallest absolute Gasteiger partial charge is 0.418 e. The minimum absolute atomic E-state index is 0.132. The molecule has 1 aromatic rings. The van der Waals surface area contributed by atoms with Gasteiger partial charge in [-0.25, -0.2) is 0 Å². The summed E-state index contributed by atoms with van der Waals surface area (Å²) in [4.78, 5) is 14.6. The van der Waals surface area contributed by atoms with Crippen LogP contribution in [-0.4, -0.2) is 17.6 Å². The maximum Gasteiger partial charge on any atom is 0.418 e. The molecule has 16 heavy (non-hydrogen) atoms. The molecule has 1 rings (SSSR count). The molecular formula is C10H10F3NO2. The number of hydrogen-bond acceptors (Lipinski definition) is 3. The zero-order valence-corrected chi connectivity index (χ0v) is 8.54. The van der Waals surface area contributed by atoms with Crippen molar-refractivity contribution in [1.82, 2.24) is 4.98 Å². The van der Waals surface area contributed by atoms with Gasteiger partial charge >= 0.3 is 12.1 Å². The molecular weight excluding hydrogens is 223 g/mol. The number of carbonyl (C=O) groups excluding carboxylic acids is 1. The Morgan fingerprint density at radius 1 is 1.50 bits per heavy atom. The van der Waals surface area contributed by atoms with E-state index < -0.39 is 24.1 Å². The molecule has 88 valence electrons. The van der Waals surface area contributed by atoms with E-state index in [0.717, 1.165) is 6.07 Å². The monoisotopic (exact) mass is 233 g/mol. The second-order valence-electron chi connectivity index (χ2n) is 2.98. The summed E-state index contributed by atoms with van der Waals surface area (Å²) in [6.07, 6.45) is -3.76. The summed E-state index contributed by atoms with van der Waals surface area (Å²) in [5.41, 5.74) is -1.21. The van der Waals surface area contributed by atoms with Crippen molar-refractivity contribution in [2.24, 2.45) is 0 Å². The Bertz CT molecular complexity index is 377. The van der Waals surface area contributed by atoms with Crippen LogP contribution in [0.5, 0.6) is 0 Å². The second kappa shape index (κ2) is 4.96. The third-order valence-electron chi connectivity index (χ3n) is 1.81. The molecule has 0 unspecified atom stereocenters. The van der Waals surface area contributed by atoms with Gasteiger partial charge in [-0.1, -0.05) is 0 Å². The van der Waals surface area contributed by atoms with Crippen LogP contribution in [0.3, 0.4) is 0 Å². The number of ether oxygens (including phenoxy) is 1. The largest absolute Gasteiger partial charge is 0.466 e. The first-order chi connectivity index (χ1) is 7.45. The van der Waals surface area contributed by atoms with Gasteiger partial charge in [0.2, 0.25) is 0 Å². The van der Waals surface area contributed by atoms with E-state index in [2.05, 4.69) is 9.72 Å². The number of esters is 1. The van der Waals surface area contributed by atoms with Crippen molar-refractivity contribution in [3.8, 4) is 0 Å². The summed E-state index contributed by atoms with van der Waals surface area (Å²) < 4.78 is 42.0. The molecule has 1 aromatic heterocycles. The zero-order chi connectivity index (χ0) is 12.2. The van der Waals surface area contributed by atoms with Crippen molar-refractivity contribution in [1.29, 1.82) is 0 Å². The van der Waals surface area contributed by atoms with Gasteiger partial charge in [-0.3, -0.25) is 9.78 Å². The summed E-state index contributed by atoms with van der Waals surface area (Å²) in [5, 5.41) is 0. The number of nitrogens with zero attached hydrogens (tertiary/aromatic N) is 1. The molecule has 3 nitrogen and oxygen atoms in total. The number of halogens is 3. The van der Waals surface area contributed by atoms with Crippen molar-refractivity contribution in [3.63, 3.8) is 0 Å². The average Bonchev–Trinajstić information content (AvgIpc) is 2.17. The lowest BCUT2D eigenvalue weighted by atomic mass is 10.1. The predicted octanol–water partition coefficient (Wildman–Crippen LogP) is 2.21. The van der Waals surface area contributed by atoms with Crippen LogP contribution in [-0.2, 0) is 22.1 Å². The predicted molar refractivity (Wildman–Crippen MR) is 49.6 cm³/mol. The molecule has 0 N–H and O–H groups in total. The highest BCUT2D eigenvalue weighted by Gasteiger charge is 2.34. The Morgan fingerprint density at radius 2 is 2.19 bits per heavy atom. The number of hydrogen-bond donors (Lipinski definition) is 0. The fraction of sp³-hybridized carbons (Fsp3) is 0.400. The molecule has 0 aliphatic heterocycles. The fourth-order valence-electron chi connectivity index (χ4n) is 1.19. The molecule has 0 aliphatic rings. The molecule has 0 atom stereocenters. The number of carbonyl (C=O) groups is 1. The van der Waals surface area contributed by atoms with Crippen LogP contribution >= 0.6 is 0 Å². The van der Waals surface area contributed by atoms with Gasteiger partial charge in [-0.05, 0) is 19.1 Å². The molecule has 0 saturated carbocycles. The topological polar surface area (TPSA) is 39.2 Å². The minimum Gasteiger partial charge on any atom is -0.466 e. The molecule has 0 saturated heterocycles. The normalized spacial score (nSPS) is 11.2. The number of aromatic nitrogens is 1. The summed E-state index contributed by atoms with van der Waals surface area (Å²) in [7, 11) is 0. The highest BCUT2D eigenvalue weighted by Crippen LogP contribution is 2.31. The highest BCUT2D eigenvalue weighted by atomic mass is 19.4. The maximum absolute atomic E-state index is 12.5. The van der Waals surface area contributed by atoms with Crippen molar-refractivity contribution in [3.05, 3.63) is 29.6 Å². The van der Waals surface area contributed by atoms with Crippen molar-refractivity contribution in [2.45, 2.75) is 19.5 Å². The van der Waals surface area contributed by atoms with Crippen molar-refractivity contribution >= 4 is 5.97 Å². The Labute approximate surface area is 90.2 Å². The zero-order valence-electron chi connectivity index (χ0n) is 8.54. The third-order valence-corrected chi connectivity index (χ3v) is 1.81. The minimum atomic E-state index is -4.50. The van der Waals surface area contributed by atoms with E-state index in [0.29, 0.717) is 0 Å². The van der Waals surface area contributed by atoms with Crippen LogP contribution < -0.4 is 0 Å². The van der Waals surface area contributed by atoms with Gasteiger partial charge in [0.1, 0.15) is 0 Å². The molecule has 0 bridgehead atoms. The van der Waals surface area contributed by atoms with Crippen LogP contribution in [0.4, 0.5) is 13.2 Å². The van der Waals surface area contributed by atoms with E-state index in [9.17, 15) is 18.0 Å². The lowest BCUT2D eigenvalue weighted by Gasteiger charge is -2.10. The van der Waals surface area contributed by atoms with Crippen LogP contribution in [0.25, 0.3) is 0 Å². The molecule has 0 spiro atoms. The van der Waals surface area contributed by atoms with E-state index >= 15 is 0 Å². The van der Waals surface area contributed by atoms with Gasteiger partial charge < -0.3 is 4.74 Å². The highest BCUT2D eigenvalue weighted by molar-refractivity contribution is 5.72. The SMILES string of the molecule is CCOC(=O)Cc1ncccc1C(F)(F)F. The van der Waals surface area contributed by atoms with Gasteiger partial charge in [0.05, 0.1) is 24.3 Å². The van der Waals surface area contributed by atoms with E-state index in [-0.39, 0.29) is 12.3 Å². The number of pyridine rings is 1. The second-order valence-corrected chi connectivity index (χ2v) is 2.98. The first kappa shape index (κ1) is 12.5. The molecule has 0 aliphatic carbocycles. The summed E-state index contributed by atoms with van der Waals surface area (Å²) in [5.74, 6) is -0.716. The van der Waals surface area contributed by atoms with Gasteiger partial charge in [0.25, 0.3) is 0 Å². The van der Waals surface area contributed by atoms with E-state index in [1.165, 1.54) is 12.3 Å². The first-order valence-electron chi connectivity index (χ1n) is 4.62. The molecule has 1 heterocycles. The average molecular weight is 233 g/mol. The molecule has 0 radical (unpaired) electrons. The van der Waals surface area contributed by atoms with Crippen LogP contribution in [0.15, 0.2) is 18.3 Å². The van der Waals surface area contributed by atoms with E-state index in [1.807, 2.05) is 0 Å². The van der Waals surface area contributed by atoms with E-state index in [1.54, 1.807) is 6.92 Å². The molecule has 6 heteroatoms. The lowest BCUT2D eigenvalue weighted by molar-refractivity contribution is -0.143. The standard InChI is InChI=1S/C10H10F3NO2/c1-2-16-9(15)6-8-7(10(11,12)13)4-3-5-14-8/h3-5H,2,6H2,1H3. The maximum atomic E-state index is 12.5. The summed E-state index contributed by atoms with van der Waals surface area (Å²) in [6.45, 7) is 1.72. The van der Waals surface area contributed by atoms with Gasteiger partial charge in [0, 0.05) is 6.20 Å². The van der Waals surface area contributed by atoms with Crippen LogP contribution in [0.2, 0.25) is 0 Å². The van der Waals surface area contributed by atoms with Crippen molar-refractivity contribution < 1.29 is 22.7 Å².